The zero-order valence-electron chi connectivity index (χ0n) is 9.59. The Balaban J connectivity index is 2.61. The largest absolute Gasteiger partial charge is 0.366 e. The summed E-state index contributed by atoms with van der Waals surface area (Å²) in [6, 6.07) is 7.84. The first-order valence-corrected chi connectivity index (χ1v) is 6.99. The van der Waals surface area contributed by atoms with Crippen LogP contribution in [-0.4, -0.2) is 20.5 Å². The van der Waals surface area contributed by atoms with Crippen LogP contribution in [0.25, 0.3) is 5.69 Å². The van der Waals surface area contributed by atoms with E-state index in [0.717, 1.165) is 10.6 Å². The molecular formula is C11H10BrN5S. The van der Waals surface area contributed by atoms with E-state index in [2.05, 4.69) is 32.1 Å². The molecule has 7 heteroatoms. The third kappa shape index (κ3) is 2.35. The van der Waals surface area contributed by atoms with Crippen LogP contribution in [0.1, 0.15) is 12.5 Å². The van der Waals surface area contributed by atoms with Crippen molar-refractivity contribution in [3.63, 3.8) is 0 Å². The van der Waals surface area contributed by atoms with Gasteiger partial charge in [-0.1, -0.05) is 13.0 Å². The molecule has 0 radical (unpaired) electrons. The molecule has 0 fully saturated rings. The van der Waals surface area contributed by atoms with Gasteiger partial charge in [-0.3, -0.25) is 0 Å². The number of aromatic nitrogens is 3. The lowest BCUT2D eigenvalue weighted by atomic mass is 10.2. The van der Waals surface area contributed by atoms with Crippen molar-refractivity contribution in [1.29, 1.82) is 5.26 Å². The second-order valence-corrected chi connectivity index (χ2v) is 5.36. The Labute approximate surface area is 117 Å². The van der Waals surface area contributed by atoms with E-state index in [1.165, 1.54) is 4.68 Å². The Morgan fingerprint density at radius 2 is 2.33 bits per heavy atom. The zero-order valence-corrected chi connectivity index (χ0v) is 12.0. The van der Waals surface area contributed by atoms with Crippen molar-refractivity contribution in [3.05, 3.63) is 28.5 Å². The molecule has 1 aromatic heterocycles. The number of hydrogen-bond donors (Lipinski definition) is 1. The molecule has 0 bridgehead atoms. The number of nitriles is 1. The molecule has 5 nitrogen and oxygen atoms in total. The molecule has 0 aliphatic rings. The number of rotatable bonds is 3. The van der Waals surface area contributed by atoms with E-state index in [0.29, 0.717) is 16.0 Å². The summed E-state index contributed by atoms with van der Waals surface area (Å²) in [5.74, 6) is 1.07. The minimum Gasteiger partial charge on any atom is -0.366 e. The Hall–Kier alpha value is -1.52. The van der Waals surface area contributed by atoms with Gasteiger partial charge >= 0.3 is 0 Å². The van der Waals surface area contributed by atoms with Crippen LogP contribution >= 0.6 is 27.7 Å². The lowest BCUT2D eigenvalue weighted by molar-refractivity contribution is 0.853. The molecule has 2 rings (SSSR count). The van der Waals surface area contributed by atoms with Gasteiger partial charge in [0.2, 0.25) is 10.7 Å². The Morgan fingerprint density at radius 1 is 1.56 bits per heavy atom. The molecule has 0 spiro atoms. The molecule has 0 aliphatic carbocycles. The normalized spacial score (nSPS) is 10.3. The molecule has 2 aromatic rings. The molecule has 92 valence electrons. The van der Waals surface area contributed by atoms with E-state index in [1.807, 2.05) is 25.1 Å². The summed E-state index contributed by atoms with van der Waals surface area (Å²) in [7, 11) is 0. The maximum absolute atomic E-state index is 9.31. The number of thioether (sulfide) groups is 1. The van der Waals surface area contributed by atoms with Crippen LogP contribution in [0.3, 0.4) is 0 Å². The van der Waals surface area contributed by atoms with Gasteiger partial charge in [0, 0.05) is 4.90 Å². The van der Waals surface area contributed by atoms with E-state index < -0.39 is 0 Å². The summed E-state index contributed by atoms with van der Waals surface area (Å²) in [6.07, 6.45) is 0. The number of benzene rings is 1. The average molecular weight is 324 g/mol. The number of nitrogen functional groups attached to an aromatic ring is 1. The van der Waals surface area contributed by atoms with Crippen molar-refractivity contribution in [2.75, 3.05) is 11.5 Å². The SMILES string of the molecule is CCSc1cccc(-n2nc(N)nc2Br)c1C#N. The van der Waals surface area contributed by atoms with Gasteiger partial charge in [-0.2, -0.15) is 10.2 Å². The fraction of sp³-hybridized carbons (Fsp3) is 0.182. The maximum Gasteiger partial charge on any atom is 0.240 e. The number of halogens is 1. The third-order valence-electron chi connectivity index (χ3n) is 2.23. The van der Waals surface area contributed by atoms with Crippen molar-refractivity contribution in [2.24, 2.45) is 0 Å². The zero-order chi connectivity index (χ0) is 13.1. The number of anilines is 1. The Kier molecular flexibility index (Phi) is 3.89. The van der Waals surface area contributed by atoms with Crippen LogP contribution in [0, 0.1) is 11.3 Å². The van der Waals surface area contributed by atoms with Crippen LogP contribution < -0.4 is 5.73 Å². The molecule has 0 amide bonds. The Morgan fingerprint density at radius 3 is 2.89 bits per heavy atom. The fourth-order valence-electron chi connectivity index (χ4n) is 1.55. The monoisotopic (exact) mass is 323 g/mol. The molecular weight excluding hydrogens is 314 g/mol. The third-order valence-corrected chi connectivity index (χ3v) is 3.68. The highest BCUT2D eigenvalue weighted by molar-refractivity contribution is 9.10. The molecule has 0 unspecified atom stereocenters. The molecule has 1 heterocycles. The molecule has 2 N–H and O–H groups in total. The molecule has 0 saturated carbocycles. The smallest absolute Gasteiger partial charge is 0.240 e. The summed E-state index contributed by atoms with van der Waals surface area (Å²) in [5.41, 5.74) is 6.80. The Bertz CT molecular complexity index is 616. The van der Waals surface area contributed by atoms with Gasteiger partial charge in [-0.05, 0) is 33.8 Å². The predicted octanol–water partition coefficient (Wildman–Crippen LogP) is 2.60. The first kappa shape index (κ1) is 12.9. The molecule has 18 heavy (non-hydrogen) atoms. The predicted molar refractivity (Wildman–Crippen MR) is 74.6 cm³/mol. The van der Waals surface area contributed by atoms with Crippen molar-refractivity contribution in [2.45, 2.75) is 11.8 Å². The van der Waals surface area contributed by atoms with Crippen LogP contribution in [0.15, 0.2) is 27.8 Å². The minimum absolute atomic E-state index is 0.166. The highest BCUT2D eigenvalue weighted by Crippen LogP contribution is 2.28. The van der Waals surface area contributed by atoms with E-state index in [-0.39, 0.29) is 5.95 Å². The van der Waals surface area contributed by atoms with E-state index >= 15 is 0 Å². The van der Waals surface area contributed by atoms with Crippen molar-refractivity contribution >= 4 is 33.6 Å². The number of nitrogens with two attached hydrogens (primary N) is 1. The van der Waals surface area contributed by atoms with Gasteiger partial charge in [0.25, 0.3) is 0 Å². The van der Waals surface area contributed by atoms with Gasteiger partial charge in [0.15, 0.2) is 0 Å². The lowest BCUT2D eigenvalue weighted by Crippen LogP contribution is -2.02. The molecule has 0 aliphatic heterocycles. The molecule has 0 saturated heterocycles. The minimum atomic E-state index is 0.166. The summed E-state index contributed by atoms with van der Waals surface area (Å²) < 4.78 is 2.00. The van der Waals surface area contributed by atoms with Crippen LogP contribution in [0.4, 0.5) is 5.95 Å². The standard InChI is InChI=1S/C11H10BrN5S/c1-2-18-9-5-3-4-8(7(9)6-13)17-10(12)15-11(14)16-17/h3-5H,2H2,1H3,(H2,14,16). The maximum atomic E-state index is 9.31. The van der Waals surface area contributed by atoms with Gasteiger partial charge in [-0.25, -0.2) is 4.68 Å². The molecule has 0 atom stereocenters. The van der Waals surface area contributed by atoms with Crippen LogP contribution in [0.5, 0.6) is 0 Å². The first-order chi connectivity index (χ1) is 8.67. The number of hydrogen-bond acceptors (Lipinski definition) is 5. The fourth-order valence-corrected chi connectivity index (χ4v) is 2.78. The highest BCUT2D eigenvalue weighted by atomic mass is 79.9. The summed E-state index contributed by atoms with van der Waals surface area (Å²) in [4.78, 5) is 4.90. The van der Waals surface area contributed by atoms with Crippen LogP contribution in [-0.2, 0) is 0 Å². The summed E-state index contributed by atoms with van der Waals surface area (Å²) in [5, 5.41) is 13.4. The average Bonchev–Trinajstić information content (AvgIpc) is 2.68. The highest BCUT2D eigenvalue weighted by Gasteiger charge is 2.14. The second-order valence-electron chi connectivity index (χ2n) is 3.35. The summed E-state index contributed by atoms with van der Waals surface area (Å²) >= 11 is 4.89. The quantitative estimate of drug-likeness (QED) is 0.878. The van der Waals surface area contributed by atoms with Gasteiger partial charge in [0.05, 0.1) is 11.3 Å². The van der Waals surface area contributed by atoms with Gasteiger partial charge in [0.1, 0.15) is 6.07 Å². The van der Waals surface area contributed by atoms with E-state index in [4.69, 9.17) is 5.73 Å². The van der Waals surface area contributed by atoms with Crippen LogP contribution in [0.2, 0.25) is 0 Å². The van der Waals surface area contributed by atoms with Crippen molar-refractivity contribution in [3.8, 4) is 11.8 Å². The van der Waals surface area contributed by atoms with Crippen molar-refractivity contribution < 1.29 is 0 Å². The van der Waals surface area contributed by atoms with Gasteiger partial charge < -0.3 is 5.73 Å². The summed E-state index contributed by atoms with van der Waals surface area (Å²) in [6.45, 7) is 2.04. The van der Waals surface area contributed by atoms with E-state index in [9.17, 15) is 5.26 Å². The number of nitrogens with zero attached hydrogens (tertiary/aromatic N) is 4. The first-order valence-electron chi connectivity index (χ1n) is 5.21. The topological polar surface area (TPSA) is 80.5 Å². The molecule has 1 aromatic carbocycles. The van der Waals surface area contributed by atoms with Crippen molar-refractivity contribution in [1.82, 2.24) is 14.8 Å². The van der Waals surface area contributed by atoms with E-state index in [1.54, 1.807) is 11.8 Å². The lowest BCUT2D eigenvalue weighted by Gasteiger charge is -2.08. The van der Waals surface area contributed by atoms with Gasteiger partial charge in [-0.15, -0.1) is 16.9 Å². The second kappa shape index (κ2) is 5.42.